The summed E-state index contributed by atoms with van der Waals surface area (Å²) in [5.41, 5.74) is 0.961. The highest BCUT2D eigenvalue weighted by molar-refractivity contribution is 6.08. The lowest BCUT2D eigenvalue weighted by atomic mass is 9.88. The van der Waals surface area contributed by atoms with Crippen LogP contribution in [-0.2, 0) is 16.0 Å². The third-order valence-corrected chi connectivity index (χ3v) is 3.73. The number of nitrogens with zero attached hydrogens (tertiary/aromatic N) is 1. The average Bonchev–Trinajstić information content (AvgIpc) is 2.86. The van der Waals surface area contributed by atoms with E-state index in [9.17, 15) is 4.79 Å². The molecule has 0 saturated carbocycles. The van der Waals surface area contributed by atoms with E-state index in [1.807, 2.05) is 60.7 Å². The van der Waals surface area contributed by atoms with Gasteiger partial charge in [0.15, 0.2) is 5.54 Å². The fraction of sp³-hybridized carbons (Fsp3) is 0.158. The Hall–Kier alpha value is -2.68. The molecular formula is C19H17NO2. The van der Waals surface area contributed by atoms with Crippen molar-refractivity contribution in [2.24, 2.45) is 4.99 Å². The topological polar surface area (TPSA) is 38.7 Å². The van der Waals surface area contributed by atoms with Crippen LogP contribution in [0.25, 0.3) is 0 Å². The number of rotatable bonds is 5. The summed E-state index contributed by atoms with van der Waals surface area (Å²) in [4.78, 5) is 17.1. The van der Waals surface area contributed by atoms with Crippen LogP contribution in [0.15, 0.2) is 78.3 Å². The van der Waals surface area contributed by atoms with Gasteiger partial charge in [0.1, 0.15) is 0 Å². The number of cyclic esters (lactones) is 1. The van der Waals surface area contributed by atoms with Crippen LogP contribution in [0.3, 0.4) is 0 Å². The van der Waals surface area contributed by atoms with Crippen molar-refractivity contribution in [3.63, 3.8) is 0 Å². The van der Waals surface area contributed by atoms with Crippen LogP contribution in [0.1, 0.15) is 17.5 Å². The SMILES string of the molecule is C=CCC1(Cc2ccccc2)N=C(c2ccccc2)OC1=O. The number of esters is 1. The van der Waals surface area contributed by atoms with Gasteiger partial charge in [-0.15, -0.1) is 6.58 Å². The van der Waals surface area contributed by atoms with Gasteiger partial charge in [0.25, 0.3) is 0 Å². The first-order valence-corrected chi connectivity index (χ1v) is 7.26. The Kier molecular flexibility index (Phi) is 3.88. The Morgan fingerprint density at radius 3 is 2.32 bits per heavy atom. The summed E-state index contributed by atoms with van der Waals surface area (Å²) < 4.78 is 5.45. The second-order valence-electron chi connectivity index (χ2n) is 5.36. The van der Waals surface area contributed by atoms with Crippen molar-refractivity contribution < 1.29 is 9.53 Å². The molecule has 0 saturated heterocycles. The van der Waals surface area contributed by atoms with Gasteiger partial charge in [0.2, 0.25) is 5.90 Å². The molecule has 0 aromatic heterocycles. The molecule has 1 aliphatic rings. The van der Waals surface area contributed by atoms with E-state index < -0.39 is 5.54 Å². The van der Waals surface area contributed by atoms with Gasteiger partial charge in [0, 0.05) is 18.4 Å². The minimum absolute atomic E-state index is 0.310. The summed E-state index contributed by atoms with van der Waals surface area (Å²) in [6.45, 7) is 3.77. The maximum absolute atomic E-state index is 12.5. The highest BCUT2D eigenvalue weighted by Crippen LogP contribution is 2.31. The molecule has 0 bridgehead atoms. The average molecular weight is 291 g/mol. The van der Waals surface area contributed by atoms with Crippen LogP contribution in [0.4, 0.5) is 0 Å². The monoisotopic (exact) mass is 291 g/mol. The van der Waals surface area contributed by atoms with Crippen LogP contribution in [-0.4, -0.2) is 17.4 Å². The molecule has 2 aromatic carbocycles. The fourth-order valence-corrected chi connectivity index (χ4v) is 2.64. The van der Waals surface area contributed by atoms with E-state index >= 15 is 0 Å². The quantitative estimate of drug-likeness (QED) is 0.624. The standard InChI is InChI=1S/C19H17NO2/c1-2-13-19(14-15-9-5-3-6-10-15)18(21)22-17(20-19)16-11-7-4-8-12-16/h2-12H,1,13-14H2. The van der Waals surface area contributed by atoms with Gasteiger partial charge in [-0.25, -0.2) is 9.79 Å². The van der Waals surface area contributed by atoms with Crippen LogP contribution in [0.5, 0.6) is 0 Å². The molecule has 3 nitrogen and oxygen atoms in total. The maximum atomic E-state index is 12.5. The lowest BCUT2D eigenvalue weighted by molar-refractivity contribution is -0.138. The summed E-state index contributed by atoms with van der Waals surface area (Å²) in [5.74, 6) is 0.0819. The second-order valence-corrected chi connectivity index (χ2v) is 5.36. The number of carbonyl (C=O) groups is 1. The molecule has 3 rings (SSSR count). The third kappa shape index (κ3) is 2.70. The minimum atomic E-state index is -0.908. The molecule has 110 valence electrons. The Morgan fingerprint density at radius 1 is 1.05 bits per heavy atom. The highest BCUT2D eigenvalue weighted by atomic mass is 16.6. The minimum Gasteiger partial charge on any atom is -0.405 e. The van der Waals surface area contributed by atoms with Gasteiger partial charge < -0.3 is 4.74 Å². The normalized spacial score (nSPS) is 20.4. The van der Waals surface area contributed by atoms with Gasteiger partial charge >= 0.3 is 5.97 Å². The smallest absolute Gasteiger partial charge is 0.341 e. The maximum Gasteiger partial charge on any atom is 0.341 e. The molecule has 0 amide bonds. The number of benzene rings is 2. The second kappa shape index (κ2) is 5.98. The molecule has 0 radical (unpaired) electrons. The number of ether oxygens (including phenoxy) is 1. The summed E-state index contributed by atoms with van der Waals surface area (Å²) in [6, 6.07) is 19.3. The molecule has 3 heteroatoms. The largest absolute Gasteiger partial charge is 0.405 e. The van der Waals surface area contributed by atoms with Crippen molar-refractivity contribution in [1.29, 1.82) is 0 Å². The third-order valence-electron chi connectivity index (χ3n) is 3.73. The van der Waals surface area contributed by atoms with Crippen molar-refractivity contribution in [2.45, 2.75) is 18.4 Å². The van der Waals surface area contributed by atoms with Crippen LogP contribution < -0.4 is 0 Å². The molecule has 1 aliphatic heterocycles. The molecular weight excluding hydrogens is 274 g/mol. The summed E-state index contributed by atoms with van der Waals surface area (Å²) in [6.07, 6.45) is 2.69. The zero-order valence-electron chi connectivity index (χ0n) is 12.2. The first kappa shape index (κ1) is 14.3. The van der Waals surface area contributed by atoms with Gasteiger partial charge in [-0.3, -0.25) is 0 Å². The molecule has 1 heterocycles. The molecule has 1 atom stereocenters. The Labute approximate surface area is 130 Å². The van der Waals surface area contributed by atoms with E-state index in [0.29, 0.717) is 18.7 Å². The summed E-state index contributed by atoms with van der Waals surface area (Å²) >= 11 is 0. The van der Waals surface area contributed by atoms with E-state index in [4.69, 9.17) is 4.74 Å². The fourth-order valence-electron chi connectivity index (χ4n) is 2.64. The lowest BCUT2D eigenvalue weighted by Crippen LogP contribution is -2.35. The number of hydrogen-bond donors (Lipinski definition) is 0. The van der Waals surface area contributed by atoms with Gasteiger partial charge in [-0.1, -0.05) is 54.6 Å². The Bertz CT molecular complexity index is 707. The van der Waals surface area contributed by atoms with Crippen LogP contribution in [0.2, 0.25) is 0 Å². The van der Waals surface area contributed by atoms with Crippen molar-refractivity contribution in [1.82, 2.24) is 0 Å². The molecule has 0 fully saturated rings. The van der Waals surface area contributed by atoms with Gasteiger partial charge in [-0.05, 0) is 17.7 Å². The van der Waals surface area contributed by atoms with Crippen molar-refractivity contribution in [3.05, 3.63) is 84.4 Å². The summed E-state index contributed by atoms with van der Waals surface area (Å²) in [5, 5.41) is 0. The molecule has 0 spiro atoms. The predicted octanol–water partition coefficient (Wildman–Crippen LogP) is 3.55. The van der Waals surface area contributed by atoms with Crippen LogP contribution in [0, 0.1) is 0 Å². The van der Waals surface area contributed by atoms with E-state index in [1.54, 1.807) is 6.08 Å². The van der Waals surface area contributed by atoms with E-state index in [0.717, 1.165) is 11.1 Å². The van der Waals surface area contributed by atoms with E-state index in [-0.39, 0.29) is 5.97 Å². The van der Waals surface area contributed by atoms with Gasteiger partial charge in [0.05, 0.1) is 0 Å². The Balaban J connectivity index is 1.97. The number of aliphatic imine (C=N–C) groups is 1. The first-order chi connectivity index (χ1) is 10.7. The van der Waals surface area contributed by atoms with Crippen LogP contribution >= 0.6 is 0 Å². The molecule has 1 unspecified atom stereocenters. The van der Waals surface area contributed by atoms with E-state index in [1.165, 1.54) is 0 Å². The molecule has 2 aromatic rings. The zero-order valence-corrected chi connectivity index (χ0v) is 12.2. The molecule has 22 heavy (non-hydrogen) atoms. The highest BCUT2D eigenvalue weighted by Gasteiger charge is 2.45. The lowest BCUT2D eigenvalue weighted by Gasteiger charge is -2.20. The first-order valence-electron chi connectivity index (χ1n) is 7.26. The van der Waals surface area contributed by atoms with Crippen molar-refractivity contribution in [2.75, 3.05) is 0 Å². The van der Waals surface area contributed by atoms with Gasteiger partial charge in [-0.2, -0.15) is 0 Å². The number of hydrogen-bond acceptors (Lipinski definition) is 3. The zero-order chi connectivity index (χ0) is 15.4. The summed E-state index contributed by atoms with van der Waals surface area (Å²) in [7, 11) is 0. The molecule has 0 aliphatic carbocycles. The number of carbonyl (C=O) groups excluding carboxylic acids is 1. The Morgan fingerprint density at radius 2 is 1.68 bits per heavy atom. The van der Waals surface area contributed by atoms with Crippen molar-refractivity contribution in [3.8, 4) is 0 Å². The molecule has 0 N–H and O–H groups in total. The van der Waals surface area contributed by atoms with Crippen molar-refractivity contribution >= 4 is 11.9 Å². The predicted molar refractivity (Wildman–Crippen MR) is 86.8 cm³/mol. The van der Waals surface area contributed by atoms with E-state index in [2.05, 4.69) is 11.6 Å².